The zero-order valence-electron chi connectivity index (χ0n) is 12.9. The minimum absolute atomic E-state index is 0.0656. The normalized spacial score (nSPS) is 12.9. The van der Waals surface area contributed by atoms with Crippen LogP contribution in [-0.4, -0.2) is 26.4 Å². The molecular formula is C17H20O4S. The molecular weight excluding hydrogens is 300 g/mol. The van der Waals surface area contributed by atoms with Crippen molar-refractivity contribution >= 4 is 9.84 Å². The summed E-state index contributed by atoms with van der Waals surface area (Å²) in [5.41, 5.74) is 2.94. The predicted octanol–water partition coefficient (Wildman–Crippen LogP) is 2.82. The molecule has 1 atom stereocenters. The van der Waals surface area contributed by atoms with Gasteiger partial charge in [-0.15, -0.1) is 0 Å². The van der Waals surface area contributed by atoms with Crippen LogP contribution >= 0.6 is 0 Å². The summed E-state index contributed by atoms with van der Waals surface area (Å²) in [5.74, 6) is 0.423. The highest BCUT2D eigenvalue weighted by molar-refractivity contribution is 7.90. The first kappa shape index (κ1) is 16.5. The summed E-state index contributed by atoms with van der Waals surface area (Å²) in [6.07, 6.45) is 0.386. The molecule has 0 radical (unpaired) electrons. The molecule has 0 aliphatic heterocycles. The number of aryl methyl sites for hydroxylation is 2. The van der Waals surface area contributed by atoms with E-state index in [1.807, 2.05) is 32.0 Å². The monoisotopic (exact) mass is 320 g/mol. The number of aliphatic hydroxyl groups excluding tert-OH is 1. The largest absolute Gasteiger partial charge is 0.490 e. The molecule has 0 saturated heterocycles. The Morgan fingerprint density at radius 3 is 2.32 bits per heavy atom. The zero-order chi connectivity index (χ0) is 16.3. The lowest BCUT2D eigenvalue weighted by molar-refractivity contribution is 0.108. The van der Waals surface area contributed by atoms with Gasteiger partial charge in [-0.2, -0.15) is 0 Å². The first-order chi connectivity index (χ1) is 10.3. The summed E-state index contributed by atoms with van der Waals surface area (Å²) in [7, 11) is -3.27. The second kappa shape index (κ2) is 6.50. The molecule has 1 N–H and O–H groups in total. The molecule has 118 valence electrons. The van der Waals surface area contributed by atoms with Crippen LogP contribution in [0.4, 0.5) is 0 Å². The quantitative estimate of drug-likeness (QED) is 0.920. The lowest BCUT2D eigenvalue weighted by atomic mass is 10.0. The molecule has 4 nitrogen and oxygen atoms in total. The van der Waals surface area contributed by atoms with Crippen molar-refractivity contribution < 1.29 is 18.3 Å². The van der Waals surface area contributed by atoms with E-state index in [0.29, 0.717) is 5.75 Å². The van der Waals surface area contributed by atoms with Crippen LogP contribution in [0.5, 0.6) is 5.75 Å². The van der Waals surface area contributed by atoms with Gasteiger partial charge in [-0.1, -0.05) is 35.4 Å². The Bertz CT molecular complexity index is 746. The third-order valence-electron chi connectivity index (χ3n) is 3.27. The number of aliphatic hydroxyl groups is 1. The summed E-state index contributed by atoms with van der Waals surface area (Å²) < 4.78 is 28.6. The minimum Gasteiger partial charge on any atom is -0.490 e. The predicted molar refractivity (Wildman–Crippen MR) is 85.9 cm³/mol. The van der Waals surface area contributed by atoms with Gasteiger partial charge in [0, 0.05) is 6.26 Å². The van der Waals surface area contributed by atoms with Crippen molar-refractivity contribution in [2.24, 2.45) is 0 Å². The van der Waals surface area contributed by atoms with E-state index in [1.165, 1.54) is 12.1 Å². The number of hydrogen-bond acceptors (Lipinski definition) is 4. The van der Waals surface area contributed by atoms with Gasteiger partial charge >= 0.3 is 0 Å². The van der Waals surface area contributed by atoms with E-state index in [2.05, 4.69) is 0 Å². The Labute approximate surface area is 131 Å². The van der Waals surface area contributed by atoms with Gasteiger partial charge in [0.15, 0.2) is 9.84 Å². The molecule has 2 rings (SSSR count). The molecule has 5 heteroatoms. The minimum atomic E-state index is -3.27. The fourth-order valence-corrected chi connectivity index (χ4v) is 2.92. The van der Waals surface area contributed by atoms with Crippen LogP contribution in [0.25, 0.3) is 0 Å². The topological polar surface area (TPSA) is 63.6 Å². The van der Waals surface area contributed by atoms with E-state index in [0.717, 1.165) is 22.9 Å². The molecule has 0 fully saturated rings. The maximum absolute atomic E-state index is 11.5. The van der Waals surface area contributed by atoms with Crippen molar-refractivity contribution in [3.8, 4) is 5.75 Å². The maximum atomic E-state index is 11.5. The third-order valence-corrected chi connectivity index (χ3v) is 4.38. The van der Waals surface area contributed by atoms with E-state index in [9.17, 15) is 13.5 Å². The van der Waals surface area contributed by atoms with Crippen LogP contribution < -0.4 is 4.74 Å². The number of sulfone groups is 1. The van der Waals surface area contributed by atoms with Crippen LogP contribution in [-0.2, 0) is 9.84 Å². The van der Waals surface area contributed by atoms with Gasteiger partial charge in [0.25, 0.3) is 0 Å². The number of ether oxygens (including phenoxy) is 1. The van der Waals surface area contributed by atoms with Gasteiger partial charge in [0.2, 0.25) is 0 Å². The van der Waals surface area contributed by atoms with E-state index >= 15 is 0 Å². The van der Waals surface area contributed by atoms with Crippen LogP contribution in [0, 0.1) is 13.8 Å². The third kappa shape index (κ3) is 4.32. The average molecular weight is 320 g/mol. The van der Waals surface area contributed by atoms with E-state index in [1.54, 1.807) is 12.1 Å². The maximum Gasteiger partial charge on any atom is 0.175 e. The van der Waals surface area contributed by atoms with Crippen LogP contribution in [0.2, 0.25) is 0 Å². The highest BCUT2D eigenvalue weighted by atomic mass is 32.2. The Hall–Kier alpha value is -1.85. The van der Waals surface area contributed by atoms with Crippen LogP contribution in [0.3, 0.4) is 0 Å². The van der Waals surface area contributed by atoms with Crippen molar-refractivity contribution in [3.05, 3.63) is 59.2 Å². The molecule has 0 bridgehead atoms. The molecule has 0 saturated carbocycles. The average Bonchev–Trinajstić information content (AvgIpc) is 2.43. The molecule has 1 unspecified atom stereocenters. The van der Waals surface area contributed by atoms with Gasteiger partial charge in [-0.3, -0.25) is 0 Å². The summed E-state index contributed by atoms with van der Waals surface area (Å²) in [4.78, 5) is 0.200. The highest BCUT2D eigenvalue weighted by Crippen LogP contribution is 2.21. The number of benzene rings is 2. The van der Waals surface area contributed by atoms with E-state index < -0.39 is 15.9 Å². The molecule has 0 aliphatic carbocycles. The second-order valence-corrected chi connectivity index (χ2v) is 7.51. The van der Waals surface area contributed by atoms with Crippen molar-refractivity contribution in [2.45, 2.75) is 24.8 Å². The van der Waals surface area contributed by atoms with Gasteiger partial charge in [-0.25, -0.2) is 8.42 Å². The van der Waals surface area contributed by atoms with Crippen LogP contribution in [0.1, 0.15) is 22.8 Å². The van der Waals surface area contributed by atoms with Gasteiger partial charge in [0.1, 0.15) is 18.5 Å². The first-order valence-electron chi connectivity index (χ1n) is 6.95. The first-order valence-corrected chi connectivity index (χ1v) is 8.84. The molecule has 22 heavy (non-hydrogen) atoms. The number of rotatable bonds is 5. The SMILES string of the molecule is Cc1cc(C)cc(C(O)COc2cccc(S(C)(=O)=O)c2)c1. The fraction of sp³-hybridized carbons (Fsp3) is 0.294. The molecule has 0 aliphatic rings. The molecule has 0 amide bonds. The van der Waals surface area contributed by atoms with E-state index in [4.69, 9.17) is 4.74 Å². The number of hydrogen-bond donors (Lipinski definition) is 1. The van der Waals surface area contributed by atoms with E-state index in [-0.39, 0.29) is 11.5 Å². The zero-order valence-corrected chi connectivity index (χ0v) is 13.7. The van der Waals surface area contributed by atoms with Crippen molar-refractivity contribution in [1.82, 2.24) is 0 Å². The van der Waals surface area contributed by atoms with Crippen LogP contribution in [0.15, 0.2) is 47.4 Å². The standard InChI is InChI=1S/C17H20O4S/c1-12-7-13(2)9-14(8-12)17(18)11-21-15-5-4-6-16(10-15)22(3,19)20/h4-10,17-18H,11H2,1-3H3. The van der Waals surface area contributed by atoms with Crippen molar-refractivity contribution in [1.29, 1.82) is 0 Å². The summed E-state index contributed by atoms with van der Waals surface area (Å²) >= 11 is 0. The summed E-state index contributed by atoms with van der Waals surface area (Å²) in [6.45, 7) is 4.01. The molecule has 2 aromatic rings. The van der Waals surface area contributed by atoms with Crippen molar-refractivity contribution in [2.75, 3.05) is 12.9 Å². The Kier molecular flexibility index (Phi) is 4.88. The molecule has 2 aromatic carbocycles. The van der Waals surface area contributed by atoms with Gasteiger partial charge < -0.3 is 9.84 Å². The summed E-state index contributed by atoms with van der Waals surface area (Å²) in [5, 5.41) is 10.2. The van der Waals surface area contributed by atoms with Gasteiger partial charge in [-0.05, 0) is 37.6 Å². The highest BCUT2D eigenvalue weighted by Gasteiger charge is 2.11. The lowest BCUT2D eigenvalue weighted by Crippen LogP contribution is -2.10. The van der Waals surface area contributed by atoms with Gasteiger partial charge in [0.05, 0.1) is 4.90 Å². The smallest absolute Gasteiger partial charge is 0.175 e. The fourth-order valence-electron chi connectivity index (χ4n) is 2.27. The Morgan fingerprint density at radius 2 is 1.73 bits per heavy atom. The molecule has 0 heterocycles. The summed E-state index contributed by atoms with van der Waals surface area (Å²) in [6, 6.07) is 12.1. The molecule has 0 aromatic heterocycles. The Morgan fingerprint density at radius 1 is 1.09 bits per heavy atom. The Balaban J connectivity index is 2.09. The lowest BCUT2D eigenvalue weighted by Gasteiger charge is -2.14. The molecule has 0 spiro atoms. The van der Waals surface area contributed by atoms with Crippen molar-refractivity contribution in [3.63, 3.8) is 0 Å². The second-order valence-electron chi connectivity index (χ2n) is 5.49.